The maximum absolute atomic E-state index is 14.6. The van der Waals surface area contributed by atoms with Crippen molar-refractivity contribution in [3.63, 3.8) is 0 Å². The number of esters is 9. The van der Waals surface area contributed by atoms with E-state index in [1.54, 1.807) is 24.3 Å². The van der Waals surface area contributed by atoms with Crippen molar-refractivity contribution in [2.45, 2.75) is 252 Å². The molecule has 0 aromatic heterocycles. The Kier molecular flexibility index (Phi) is 55.1. The fourth-order valence-corrected chi connectivity index (χ4v) is 15.1. The summed E-state index contributed by atoms with van der Waals surface area (Å²) in [5, 5.41) is 28.6. The first-order valence-electron chi connectivity index (χ1n) is 43.6. The summed E-state index contributed by atoms with van der Waals surface area (Å²) < 4.78 is 134. The number of nitrogens with zero attached hydrogens (tertiary/aromatic N) is 2. The van der Waals surface area contributed by atoms with Crippen LogP contribution in [-0.4, -0.2) is 361 Å². The summed E-state index contributed by atoms with van der Waals surface area (Å²) in [7, 11) is -1.70. The molecule has 1 aromatic rings. The van der Waals surface area contributed by atoms with Gasteiger partial charge in [-0.3, -0.25) is 76.7 Å². The monoisotopic (exact) mass is 1930 g/mol. The van der Waals surface area contributed by atoms with Gasteiger partial charge in [0.15, 0.2) is 55.5 Å². The Morgan fingerprint density at radius 3 is 1.08 bits per heavy atom. The Balaban J connectivity index is 1.52. The largest absolute Gasteiger partial charge is 0.463 e. The molecule has 756 valence electrons. The van der Waals surface area contributed by atoms with Crippen LogP contribution < -0.4 is 41.7 Å². The van der Waals surface area contributed by atoms with E-state index in [1.165, 1.54) is 20.8 Å². The number of Topliss-reactive ketones (excluding diaryl/α,β-unsaturated/α-hetero) is 1. The highest BCUT2D eigenvalue weighted by atomic mass is 31.2. The maximum atomic E-state index is 14.6. The van der Waals surface area contributed by atoms with E-state index in [4.69, 9.17) is 109 Å². The van der Waals surface area contributed by atoms with E-state index in [-0.39, 0.29) is 182 Å². The molecule has 0 radical (unpaired) electrons. The quantitative estimate of drug-likeness (QED) is 0.0186. The fraction of sp³-hybridized carbons (Fsp3) is 0.729. The van der Waals surface area contributed by atoms with Crippen LogP contribution in [0.4, 0.5) is 0 Å². The Morgan fingerprint density at radius 2 is 0.754 bits per heavy atom. The van der Waals surface area contributed by atoms with E-state index >= 15 is 0 Å². The van der Waals surface area contributed by atoms with E-state index in [2.05, 4.69) is 43.3 Å². The predicted molar refractivity (Wildman–Crippen MR) is 459 cm³/mol. The van der Waals surface area contributed by atoms with Crippen molar-refractivity contribution in [1.29, 1.82) is 5.26 Å². The van der Waals surface area contributed by atoms with Gasteiger partial charge < -0.3 is 146 Å². The van der Waals surface area contributed by atoms with E-state index < -0.39 is 215 Å². The molecule has 3 aliphatic heterocycles. The van der Waals surface area contributed by atoms with Gasteiger partial charge in [-0.25, -0.2) is 4.67 Å². The van der Waals surface area contributed by atoms with Crippen molar-refractivity contribution in [2.24, 2.45) is 0 Å². The zero-order valence-electron chi connectivity index (χ0n) is 78.7. The molecule has 48 nitrogen and oxygen atoms in total. The van der Waals surface area contributed by atoms with Gasteiger partial charge in [0.1, 0.15) is 73.3 Å². The zero-order valence-corrected chi connectivity index (χ0v) is 79.6. The molecule has 16 atom stereocenters. The summed E-state index contributed by atoms with van der Waals surface area (Å²) in [6.45, 7) is 17.5. The Hall–Kier alpha value is -9.94. The van der Waals surface area contributed by atoms with Gasteiger partial charge in [-0.1, -0.05) is 12.1 Å². The second-order valence-corrected chi connectivity index (χ2v) is 32.6. The highest BCUT2D eigenvalue weighted by Gasteiger charge is 2.55. The third kappa shape index (κ3) is 46.5. The number of hydrogen-bond acceptors (Lipinski definition) is 42. The molecule has 0 saturated carbocycles. The van der Waals surface area contributed by atoms with Crippen molar-refractivity contribution < 1.29 is 185 Å². The van der Waals surface area contributed by atoms with E-state index in [0.29, 0.717) is 11.3 Å². The van der Waals surface area contributed by atoms with Gasteiger partial charge in [0, 0.05) is 134 Å². The van der Waals surface area contributed by atoms with Crippen LogP contribution in [0.15, 0.2) is 24.3 Å². The molecule has 49 heteroatoms. The molecule has 3 fully saturated rings. The molecule has 0 aliphatic carbocycles. The van der Waals surface area contributed by atoms with E-state index in [0.717, 1.165) is 62.3 Å². The van der Waals surface area contributed by atoms with Gasteiger partial charge in [0.25, 0.3) is 0 Å². The standard InChI is InChI=1S/C85H132N9O39P/c1-50(2)94(51(3)4)134(123-29-17-25-86)133-66-20-18-64(19-21-66)42-72(110)93-85(48-115-31-23-70(108)88-27-34-112-37-40-118-83-74(91-53(6)96)80(128-62(15)105)77(125-59(12)102)68(131-83)45-121-56(9)99,49-116-32-24-71(109)89-28-35-113-38-41-119-84-75(92-54(7)97)81(129-63(16)106)78(126-60(13)103)69(132-84)46-122-57(10)100)47-114-30-22-65(107)43-87-26-33-111-36-39-117-82-73(90-52(5)95)79(127-61(14)104)76(124-58(11)101)67(130-82)44-120-55(8)98/h18-21,50-51,67-69,73-84,87H,17,22-24,26-49H2,1-16H3,(H,88,108)(H,89,109)(H,90,95)(H,91,96)(H,92,97)(H,93,110)/t67-,68-,69-,73-,74-,75-,76+,77+,78+,79-,80-,81-,82-,83-,84-,134?/m1/s1. The van der Waals surface area contributed by atoms with Crippen molar-refractivity contribution in [3.8, 4) is 11.8 Å². The summed E-state index contributed by atoms with van der Waals surface area (Å²) in [6, 6.07) is 5.08. The summed E-state index contributed by atoms with van der Waals surface area (Å²) in [5.41, 5.74) is -1.10. The van der Waals surface area contributed by atoms with Crippen LogP contribution in [0.5, 0.6) is 5.75 Å². The molecule has 3 heterocycles. The van der Waals surface area contributed by atoms with Crippen LogP contribution in [0.25, 0.3) is 0 Å². The minimum Gasteiger partial charge on any atom is -0.463 e. The Bertz CT molecular complexity index is 3800. The van der Waals surface area contributed by atoms with Gasteiger partial charge >= 0.3 is 62.2 Å². The molecular weight excluding hydrogens is 1800 g/mol. The number of nitrogens with one attached hydrogen (secondary N) is 7. The molecule has 134 heavy (non-hydrogen) atoms. The smallest absolute Gasteiger partial charge is 0.321 e. The molecule has 0 spiro atoms. The highest BCUT2D eigenvalue weighted by Crippen LogP contribution is 2.46. The SMILES string of the molecule is CC(=O)N[C@H]1[C@H](OCCOCCNCC(=O)CCOCC(COCCC(=O)NCCOCCO[C@@H]2O[C@H](COC(C)=O)[C@H](OC(C)=O)[C@H](OC(C)=O)[C@H]2NC(C)=O)(COCCC(=O)NCCOCCO[C@@H]2O[C@H](COC(C)=O)[C@H](OC(C)=O)[C@H](OC(C)=O)[C@H]2NC(C)=O)NC(=O)Cc2ccc(OP(OCCC#N)N(C(C)C)C(C)C)cc2)O[C@H](COC(C)=O)[C@H](OC(C)=O)[C@@H]1OC(C)=O. The lowest BCUT2D eigenvalue weighted by molar-refractivity contribution is -0.279. The van der Waals surface area contributed by atoms with E-state index in [9.17, 15) is 82.0 Å². The van der Waals surface area contributed by atoms with E-state index in [1.807, 2.05) is 32.4 Å². The minimum absolute atomic E-state index is 0.00506. The number of benzene rings is 1. The average molecular weight is 1930 g/mol. The zero-order chi connectivity index (χ0) is 99.4. The van der Waals surface area contributed by atoms with Gasteiger partial charge in [0.2, 0.25) is 35.4 Å². The van der Waals surface area contributed by atoms with Crippen LogP contribution in [-0.2, 0) is 187 Å². The number of hydrogen-bond donors (Lipinski definition) is 7. The number of ketones is 1. The van der Waals surface area contributed by atoms with Crippen molar-refractivity contribution in [2.75, 3.05) is 152 Å². The average Bonchev–Trinajstić information content (AvgIpc) is 0.793. The first-order valence-corrected chi connectivity index (χ1v) is 44.7. The predicted octanol–water partition coefficient (Wildman–Crippen LogP) is -0.582. The number of nitriles is 1. The normalized spacial score (nSPS) is 21.7. The topological polar surface area (TPSA) is 597 Å². The van der Waals surface area contributed by atoms with Crippen LogP contribution in [0, 0.1) is 11.3 Å². The van der Waals surface area contributed by atoms with Crippen molar-refractivity contribution in [3.05, 3.63) is 29.8 Å². The molecule has 1 unspecified atom stereocenters. The summed E-state index contributed by atoms with van der Waals surface area (Å²) >= 11 is 0. The van der Waals surface area contributed by atoms with Crippen LogP contribution >= 0.6 is 8.53 Å². The molecule has 0 bridgehead atoms. The van der Waals surface area contributed by atoms with Crippen LogP contribution in [0.2, 0.25) is 0 Å². The lowest BCUT2D eigenvalue weighted by atomic mass is 9.96. The fourth-order valence-electron chi connectivity index (χ4n) is 13.6. The van der Waals surface area contributed by atoms with Crippen LogP contribution in [0.3, 0.4) is 0 Å². The van der Waals surface area contributed by atoms with Crippen LogP contribution in [0.1, 0.15) is 142 Å². The summed E-state index contributed by atoms with van der Waals surface area (Å²) in [5.74, 6) is -10.1. The lowest BCUT2D eigenvalue weighted by Crippen LogP contribution is -2.66. The molecule has 1 aromatic carbocycles. The molecule has 6 amide bonds. The molecule has 3 aliphatic rings. The molecular formula is C85H132N9O39P. The van der Waals surface area contributed by atoms with Crippen molar-refractivity contribution in [1.82, 2.24) is 41.9 Å². The summed E-state index contributed by atoms with van der Waals surface area (Å²) in [6.07, 6.45) is -16.6. The second kappa shape index (κ2) is 63.4. The third-order valence-electron chi connectivity index (χ3n) is 18.8. The number of carbonyl (C=O) groups excluding carboxylic acids is 16. The minimum atomic E-state index is -1.70. The highest BCUT2D eigenvalue weighted by molar-refractivity contribution is 7.45. The number of ether oxygens (including phenoxy) is 21. The lowest BCUT2D eigenvalue weighted by Gasteiger charge is -2.44. The number of carbonyl (C=O) groups is 16. The Labute approximate surface area is 778 Å². The summed E-state index contributed by atoms with van der Waals surface area (Å²) in [4.78, 5) is 201. The third-order valence-corrected chi connectivity index (χ3v) is 20.8. The number of rotatable bonds is 64. The molecule has 4 rings (SSSR count). The van der Waals surface area contributed by atoms with Crippen molar-refractivity contribution >= 4 is 103 Å². The Morgan fingerprint density at radius 1 is 0.410 bits per heavy atom. The molecule has 7 N–H and O–H groups in total. The van der Waals surface area contributed by atoms with Gasteiger partial charge in [-0.05, 0) is 45.4 Å². The van der Waals surface area contributed by atoms with Gasteiger partial charge in [-0.15, -0.1) is 0 Å². The van der Waals surface area contributed by atoms with Gasteiger partial charge in [-0.2, -0.15) is 5.26 Å². The molecule has 3 saturated heterocycles. The number of amides is 6. The first kappa shape index (κ1) is 116. The maximum Gasteiger partial charge on any atom is 0.321 e. The second-order valence-electron chi connectivity index (χ2n) is 31.2. The van der Waals surface area contributed by atoms with Gasteiger partial charge in [0.05, 0.1) is 131 Å². The first-order chi connectivity index (χ1) is 63.6.